The number of imidazole rings is 1. The van der Waals surface area contributed by atoms with E-state index >= 15 is 0 Å². The van der Waals surface area contributed by atoms with Gasteiger partial charge in [-0.1, -0.05) is 29.7 Å². The second-order valence-corrected chi connectivity index (χ2v) is 13.8. The average molecular weight is 821 g/mol. The summed E-state index contributed by atoms with van der Waals surface area (Å²) in [5.41, 5.74) is -1.90. The molecule has 2 aromatic heterocycles. The number of aliphatic hydroxyl groups excluding tert-OH is 1. The van der Waals surface area contributed by atoms with E-state index in [9.17, 15) is 24.6 Å². The Bertz CT molecular complexity index is 2160. The van der Waals surface area contributed by atoms with E-state index in [1.165, 1.54) is 10.9 Å². The van der Waals surface area contributed by atoms with Crippen LogP contribution < -0.4 is 25.0 Å². The number of anilines is 2. The molecule has 4 N–H and O–H groups in total. The number of amides is 2. The summed E-state index contributed by atoms with van der Waals surface area (Å²) in [6.45, 7) is 3.64. The molecule has 2 aliphatic heterocycles. The lowest BCUT2D eigenvalue weighted by Crippen LogP contribution is -2.56. The van der Waals surface area contributed by atoms with E-state index in [4.69, 9.17) is 46.4 Å². The minimum absolute atomic E-state index is 0.0823. The standard InChI is InChI=1S/C40H45ClN6O11/c1-6-39(52)30(22-57-40(36(49)55-7-2,37(50)56-8-3)20-24-10-13-26(14-11-24)46-17-9-16-42-38(46)51)58-35(33(39)48)47-23-44-32-28(19-31(41)45-34(32)47)43-21-25-12-15-27(53-4)18-29(25)54-5/h1,10-15,18-19,23,30,33,35,48,52H,7-9,16-17,20-22H2,2-5H3,(H,42,51)(H,43,45)/t30-,33+,35-,39-/m1/s1. The largest absolute Gasteiger partial charge is 0.497 e. The average Bonchev–Trinajstić information content (AvgIpc) is 3.76. The van der Waals surface area contributed by atoms with Gasteiger partial charge in [0.1, 0.15) is 34.4 Å². The van der Waals surface area contributed by atoms with Crippen LogP contribution in [-0.4, -0.2) is 113 Å². The fraction of sp³-hybridized carbons (Fsp3) is 0.425. The molecule has 308 valence electrons. The lowest BCUT2D eigenvalue weighted by atomic mass is 9.91. The van der Waals surface area contributed by atoms with Crippen molar-refractivity contribution in [3.05, 3.63) is 71.1 Å². The maximum Gasteiger partial charge on any atom is 0.350 e. The van der Waals surface area contributed by atoms with E-state index in [1.807, 2.05) is 6.07 Å². The van der Waals surface area contributed by atoms with E-state index in [1.54, 1.807) is 75.4 Å². The lowest BCUT2D eigenvalue weighted by Gasteiger charge is -2.32. The van der Waals surface area contributed by atoms with Crippen LogP contribution in [0.5, 0.6) is 11.5 Å². The number of carbonyl (C=O) groups excluding carboxylic acids is 3. The van der Waals surface area contributed by atoms with Gasteiger partial charge < -0.3 is 49.3 Å². The van der Waals surface area contributed by atoms with Crippen molar-refractivity contribution in [2.45, 2.75) is 62.9 Å². The van der Waals surface area contributed by atoms with Crippen LogP contribution in [-0.2, 0) is 41.5 Å². The number of hydrogen-bond acceptors (Lipinski definition) is 14. The summed E-state index contributed by atoms with van der Waals surface area (Å²) in [5.74, 6) is 1.32. The Hall–Kier alpha value is -5.64. The van der Waals surface area contributed by atoms with Crippen molar-refractivity contribution in [3.8, 4) is 23.8 Å². The minimum atomic E-state index is -2.41. The molecule has 17 nitrogen and oxygen atoms in total. The molecule has 2 fully saturated rings. The fourth-order valence-electron chi connectivity index (χ4n) is 6.87. The number of aliphatic hydroxyl groups is 2. The Labute approximate surface area is 339 Å². The van der Waals surface area contributed by atoms with Crippen LogP contribution in [0, 0.1) is 12.3 Å². The number of esters is 2. The molecule has 0 aliphatic carbocycles. The fourth-order valence-corrected chi connectivity index (χ4v) is 7.06. The Morgan fingerprint density at radius 3 is 2.48 bits per heavy atom. The highest BCUT2D eigenvalue weighted by Gasteiger charge is 2.58. The third-order valence-corrected chi connectivity index (χ3v) is 10.1. The minimum Gasteiger partial charge on any atom is -0.497 e. The molecule has 0 unspecified atom stereocenters. The molecular formula is C40H45ClN6O11. The Balaban J connectivity index is 1.27. The summed E-state index contributed by atoms with van der Waals surface area (Å²) in [7, 11) is 3.11. The van der Waals surface area contributed by atoms with Gasteiger partial charge >= 0.3 is 18.0 Å². The van der Waals surface area contributed by atoms with Crippen molar-refractivity contribution in [1.29, 1.82) is 0 Å². The normalized spacial score (nSPS) is 20.6. The summed E-state index contributed by atoms with van der Waals surface area (Å²) in [6.07, 6.45) is 2.88. The number of benzene rings is 2. The van der Waals surface area contributed by atoms with E-state index in [0.29, 0.717) is 53.6 Å². The van der Waals surface area contributed by atoms with E-state index < -0.39 is 48.2 Å². The molecule has 2 aromatic carbocycles. The highest BCUT2D eigenvalue weighted by atomic mass is 35.5. The van der Waals surface area contributed by atoms with Crippen LogP contribution in [0.25, 0.3) is 11.2 Å². The second-order valence-electron chi connectivity index (χ2n) is 13.4. The summed E-state index contributed by atoms with van der Waals surface area (Å²) in [5, 5.41) is 29.5. The number of halogens is 1. The molecule has 0 spiro atoms. The topological polar surface area (TPSA) is 205 Å². The van der Waals surface area contributed by atoms with Gasteiger partial charge in [-0.05, 0) is 50.1 Å². The number of rotatable bonds is 16. The first-order valence-corrected chi connectivity index (χ1v) is 18.9. The number of methoxy groups -OCH3 is 2. The van der Waals surface area contributed by atoms with Gasteiger partial charge in [0.2, 0.25) is 0 Å². The summed E-state index contributed by atoms with van der Waals surface area (Å²) in [4.78, 5) is 50.5. The SMILES string of the molecule is C#C[C@@]1(O)[C@@H](COC(Cc2ccc(N3CCCNC3=O)cc2)(C(=O)OCC)C(=O)OCC)O[C@@H](n2cnc3c(NCc4ccc(OC)cc4OC)cc(Cl)nc32)[C@@H]1O. The first kappa shape index (κ1) is 42.0. The number of nitrogens with one attached hydrogen (secondary N) is 2. The van der Waals surface area contributed by atoms with Crippen LogP contribution in [0.2, 0.25) is 5.15 Å². The van der Waals surface area contributed by atoms with Crippen molar-refractivity contribution in [3.63, 3.8) is 0 Å². The lowest BCUT2D eigenvalue weighted by molar-refractivity contribution is -0.198. The van der Waals surface area contributed by atoms with Crippen molar-refractivity contribution in [2.75, 3.05) is 57.3 Å². The molecule has 2 amide bonds. The van der Waals surface area contributed by atoms with Gasteiger partial charge in [-0.15, -0.1) is 6.42 Å². The molecule has 18 heteroatoms. The maximum atomic E-state index is 13.8. The van der Waals surface area contributed by atoms with Gasteiger partial charge in [0, 0.05) is 49.4 Å². The summed E-state index contributed by atoms with van der Waals surface area (Å²) >= 11 is 6.47. The molecule has 0 bridgehead atoms. The van der Waals surface area contributed by atoms with Gasteiger partial charge in [-0.3, -0.25) is 9.47 Å². The summed E-state index contributed by atoms with van der Waals surface area (Å²) < 4.78 is 35.2. The first-order valence-electron chi connectivity index (χ1n) is 18.6. The zero-order chi connectivity index (χ0) is 41.6. The number of urea groups is 1. The number of aromatic nitrogens is 3. The number of fused-ring (bicyclic) bond motifs is 1. The number of carbonyl (C=O) groups is 3. The monoisotopic (exact) mass is 820 g/mol. The quantitative estimate of drug-likeness (QED) is 0.0554. The van der Waals surface area contributed by atoms with Crippen LogP contribution in [0.3, 0.4) is 0 Å². The van der Waals surface area contributed by atoms with E-state index in [0.717, 1.165) is 12.0 Å². The van der Waals surface area contributed by atoms with Crippen LogP contribution in [0.15, 0.2) is 54.9 Å². The van der Waals surface area contributed by atoms with Crippen molar-refractivity contribution in [1.82, 2.24) is 19.9 Å². The predicted octanol–water partition coefficient (Wildman–Crippen LogP) is 3.38. The number of ether oxygens (including phenoxy) is 6. The molecule has 0 radical (unpaired) electrons. The highest BCUT2D eigenvalue weighted by molar-refractivity contribution is 6.30. The molecule has 6 rings (SSSR count). The second kappa shape index (κ2) is 17.9. The molecule has 58 heavy (non-hydrogen) atoms. The van der Waals surface area contributed by atoms with Crippen LogP contribution in [0.1, 0.15) is 37.6 Å². The number of nitrogens with zero attached hydrogens (tertiary/aromatic N) is 4. The summed E-state index contributed by atoms with van der Waals surface area (Å²) in [6, 6.07) is 13.4. The molecule has 4 aromatic rings. The van der Waals surface area contributed by atoms with Crippen LogP contribution >= 0.6 is 11.6 Å². The molecule has 2 saturated heterocycles. The molecule has 0 saturated carbocycles. The van der Waals surface area contributed by atoms with Crippen LogP contribution in [0.4, 0.5) is 16.2 Å². The molecule has 2 aliphatic rings. The number of hydrogen-bond donors (Lipinski definition) is 4. The molecular weight excluding hydrogens is 776 g/mol. The van der Waals surface area contributed by atoms with Gasteiger partial charge in [0.25, 0.3) is 5.60 Å². The molecule has 4 heterocycles. The van der Waals surface area contributed by atoms with Crippen molar-refractivity contribution < 1.29 is 53.0 Å². The Morgan fingerprint density at radius 1 is 1.12 bits per heavy atom. The number of pyridine rings is 1. The maximum absolute atomic E-state index is 13.8. The highest BCUT2D eigenvalue weighted by Crippen LogP contribution is 2.40. The van der Waals surface area contributed by atoms with Gasteiger partial charge in [-0.2, -0.15) is 0 Å². The molecule has 4 atom stereocenters. The zero-order valence-electron chi connectivity index (χ0n) is 32.4. The number of terminal acetylenes is 1. The Kier molecular flexibility index (Phi) is 12.9. The third-order valence-electron chi connectivity index (χ3n) is 9.96. The third kappa shape index (κ3) is 8.20. The smallest absolute Gasteiger partial charge is 0.350 e. The van der Waals surface area contributed by atoms with Gasteiger partial charge in [-0.25, -0.2) is 24.4 Å². The first-order chi connectivity index (χ1) is 27.9. The van der Waals surface area contributed by atoms with Gasteiger partial charge in [0.15, 0.2) is 17.5 Å². The van der Waals surface area contributed by atoms with Crippen molar-refractivity contribution >= 4 is 52.1 Å². The Morgan fingerprint density at radius 2 is 1.84 bits per heavy atom. The van der Waals surface area contributed by atoms with Crippen molar-refractivity contribution in [2.24, 2.45) is 0 Å². The zero-order valence-corrected chi connectivity index (χ0v) is 33.2. The van der Waals surface area contributed by atoms with E-state index in [-0.39, 0.29) is 36.5 Å². The van der Waals surface area contributed by atoms with Gasteiger partial charge in [0.05, 0.1) is 46.1 Å². The predicted molar refractivity (Wildman–Crippen MR) is 211 cm³/mol. The van der Waals surface area contributed by atoms with E-state index in [2.05, 4.69) is 26.5 Å².